The number of benzene rings is 3. The molecule has 2 fully saturated rings. The summed E-state index contributed by atoms with van der Waals surface area (Å²) in [6.07, 6.45) is 3.10. The van der Waals surface area contributed by atoms with Crippen LogP contribution in [0.1, 0.15) is 22.7 Å². The van der Waals surface area contributed by atoms with Crippen LogP contribution in [0.15, 0.2) is 91.0 Å². The van der Waals surface area contributed by atoms with Gasteiger partial charge in [0.25, 0.3) is 11.8 Å². The van der Waals surface area contributed by atoms with E-state index in [-0.39, 0.29) is 25.0 Å². The molecule has 1 N–H and O–H groups in total. The van der Waals surface area contributed by atoms with Gasteiger partial charge in [0.15, 0.2) is 12.2 Å². The molecule has 170 valence electrons. The molecule has 6 nitrogen and oxygen atoms in total. The largest absolute Gasteiger partial charge is 0.343 e. The summed E-state index contributed by atoms with van der Waals surface area (Å²) in [5.41, 5.74) is 2.66. The van der Waals surface area contributed by atoms with Gasteiger partial charge in [0.2, 0.25) is 5.79 Å². The lowest BCUT2D eigenvalue weighted by Crippen LogP contribution is -2.55. The molecule has 2 bridgehead atoms. The Balaban J connectivity index is 1.60. The topological polar surface area (TPSA) is 67.9 Å². The van der Waals surface area contributed by atoms with Crippen LogP contribution >= 0.6 is 0 Å². The summed E-state index contributed by atoms with van der Waals surface area (Å²) in [4.78, 5) is 28.5. The number of hydrogen-bond donors (Lipinski definition) is 1. The van der Waals surface area contributed by atoms with Crippen LogP contribution in [0.2, 0.25) is 0 Å². The Morgan fingerprint density at radius 1 is 0.971 bits per heavy atom. The molecule has 5 rings (SSSR count). The maximum Gasteiger partial charge on any atom is 0.256 e. The van der Waals surface area contributed by atoms with Crippen molar-refractivity contribution in [1.29, 1.82) is 0 Å². The highest BCUT2D eigenvalue weighted by Crippen LogP contribution is 2.46. The van der Waals surface area contributed by atoms with Crippen LogP contribution in [0.5, 0.6) is 0 Å². The normalized spacial score (nSPS) is 23.5. The zero-order valence-corrected chi connectivity index (χ0v) is 18.5. The standard InChI is InChI=1S/C28H24N2O4/c1-2-18-29-26(31)24-25-27(32)30(19-28(33-24,34-25)22-16-10-5-11-17-22)23(20-12-6-3-7-13-20)21-14-8-4-9-15-21/h1,3-17,23-25H,18-19H2,(H,29,31)/t24-,25+,28-/m1/s1. The second kappa shape index (κ2) is 9.14. The lowest BCUT2D eigenvalue weighted by atomic mass is 9.94. The van der Waals surface area contributed by atoms with E-state index < -0.39 is 23.9 Å². The molecule has 0 spiro atoms. The molecule has 0 aromatic heterocycles. The van der Waals surface area contributed by atoms with E-state index in [1.165, 1.54) is 0 Å². The summed E-state index contributed by atoms with van der Waals surface area (Å²) >= 11 is 0. The molecule has 2 saturated heterocycles. The maximum absolute atomic E-state index is 13.8. The molecular weight excluding hydrogens is 428 g/mol. The van der Waals surface area contributed by atoms with Crippen molar-refractivity contribution in [1.82, 2.24) is 10.2 Å². The van der Waals surface area contributed by atoms with E-state index in [0.29, 0.717) is 0 Å². The number of ether oxygens (including phenoxy) is 2. The van der Waals surface area contributed by atoms with Gasteiger partial charge in [-0.1, -0.05) is 96.9 Å². The van der Waals surface area contributed by atoms with Gasteiger partial charge in [0.05, 0.1) is 19.1 Å². The van der Waals surface area contributed by atoms with Gasteiger partial charge in [-0.05, 0) is 11.1 Å². The molecule has 0 aliphatic carbocycles. The van der Waals surface area contributed by atoms with Gasteiger partial charge < -0.3 is 19.7 Å². The van der Waals surface area contributed by atoms with Crippen LogP contribution in [0.3, 0.4) is 0 Å². The van der Waals surface area contributed by atoms with Crippen molar-refractivity contribution in [3.05, 3.63) is 108 Å². The van der Waals surface area contributed by atoms with Crippen molar-refractivity contribution in [3.63, 3.8) is 0 Å². The molecule has 0 saturated carbocycles. The van der Waals surface area contributed by atoms with Gasteiger partial charge in [-0.25, -0.2) is 0 Å². The zero-order chi connectivity index (χ0) is 23.5. The van der Waals surface area contributed by atoms with Gasteiger partial charge in [0, 0.05) is 5.56 Å². The van der Waals surface area contributed by atoms with Crippen molar-refractivity contribution in [2.45, 2.75) is 24.0 Å². The van der Waals surface area contributed by atoms with Gasteiger partial charge in [-0.2, -0.15) is 0 Å². The fourth-order valence-electron chi connectivity index (χ4n) is 4.67. The Morgan fingerprint density at radius 3 is 2.09 bits per heavy atom. The first kappa shape index (κ1) is 21.9. The number of hydrogen-bond acceptors (Lipinski definition) is 4. The molecule has 0 unspecified atom stereocenters. The van der Waals surface area contributed by atoms with E-state index >= 15 is 0 Å². The minimum absolute atomic E-state index is 0.0400. The van der Waals surface area contributed by atoms with E-state index in [1.807, 2.05) is 91.0 Å². The number of amides is 2. The van der Waals surface area contributed by atoms with Crippen LogP contribution in [-0.4, -0.2) is 42.0 Å². The van der Waals surface area contributed by atoms with Crippen molar-refractivity contribution < 1.29 is 19.1 Å². The molecule has 2 aliphatic rings. The second-order valence-electron chi connectivity index (χ2n) is 8.31. The minimum Gasteiger partial charge on any atom is -0.343 e. The lowest BCUT2D eigenvalue weighted by Gasteiger charge is -2.42. The van der Waals surface area contributed by atoms with Crippen LogP contribution in [0.4, 0.5) is 0 Å². The molecule has 6 heteroatoms. The Morgan fingerprint density at radius 2 is 1.53 bits per heavy atom. The van der Waals surface area contributed by atoms with E-state index in [2.05, 4.69) is 11.2 Å². The summed E-state index contributed by atoms with van der Waals surface area (Å²) in [5, 5.41) is 2.63. The summed E-state index contributed by atoms with van der Waals surface area (Å²) in [6, 6.07) is 28.7. The van der Waals surface area contributed by atoms with Crippen LogP contribution in [-0.2, 0) is 24.8 Å². The number of morpholine rings is 1. The number of nitrogens with one attached hydrogen (secondary N) is 1. The van der Waals surface area contributed by atoms with Crippen molar-refractivity contribution >= 4 is 11.8 Å². The van der Waals surface area contributed by atoms with Crippen LogP contribution in [0, 0.1) is 12.3 Å². The average Bonchev–Trinajstić information content (AvgIpc) is 3.24. The first-order valence-electron chi connectivity index (χ1n) is 11.2. The molecule has 3 aromatic carbocycles. The number of fused-ring (bicyclic) bond motifs is 2. The van der Waals surface area contributed by atoms with Crippen LogP contribution < -0.4 is 5.32 Å². The van der Waals surface area contributed by atoms with Gasteiger partial charge in [-0.3, -0.25) is 9.59 Å². The van der Waals surface area contributed by atoms with Crippen molar-refractivity contribution in [2.24, 2.45) is 0 Å². The predicted octanol–water partition coefficient (Wildman–Crippen LogP) is 3.00. The number of rotatable bonds is 6. The quantitative estimate of drug-likeness (QED) is 0.584. The van der Waals surface area contributed by atoms with E-state index in [0.717, 1.165) is 16.7 Å². The monoisotopic (exact) mass is 452 g/mol. The SMILES string of the molecule is C#CCNC(=O)[C@@H]1O[C@]2(c3ccccc3)CN(C(c3ccccc3)c3ccccc3)C(=O)[C@H]1O2. The van der Waals surface area contributed by atoms with E-state index in [4.69, 9.17) is 15.9 Å². The summed E-state index contributed by atoms with van der Waals surface area (Å²) in [6.45, 7) is 0.165. The maximum atomic E-state index is 13.8. The van der Waals surface area contributed by atoms with Gasteiger partial charge in [0.1, 0.15) is 0 Å². The number of carbonyl (C=O) groups excluding carboxylic acids is 2. The Hall–Kier alpha value is -3.92. The highest BCUT2D eigenvalue weighted by molar-refractivity contribution is 5.93. The Labute approximate surface area is 198 Å². The van der Waals surface area contributed by atoms with E-state index in [1.54, 1.807) is 4.90 Å². The fraction of sp³-hybridized carbons (Fsp3) is 0.214. The third kappa shape index (κ3) is 3.86. The highest BCUT2D eigenvalue weighted by atomic mass is 16.8. The fourth-order valence-corrected chi connectivity index (χ4v) is 4.67. The highest BCUT2D eigenvalue weighted by Gasteiger charge is 2.61. The molecule has 34 heavy (non-hydrogen) atoms. The summed E-state index contributed by atoms with van der Waals surface area (Å²) in [7, 11) is 0. The van der Waals surface area contributed by atoms with Gasteiger partial charge in [-0.15, -0.1) is 6.42 Å². The second-order valence-corrected chi connectivity index (χ2v) is 8.31. The summed E-state index contributed by atoms with van der Waals surface area (Å²) in [5.74, 6) is 0.334. The number of nitrogens with zero attached hydrogens (tertiary/aromatic N) is 1. The van der Waals surface area contributed by atoms with Gasteiger partial charge >= 0.3 is 0 Å². The minimum atomic E-state index is -1.28. The molecular formula is C28H24N2O4. The number of terminal acetylenes is 1. The average molecular weight is 453 g/mol. The molecule has 0 radical (unpaired) electrons. The van der Waals surface area contributed by atoms with Crippen molar-refractivity contribution in [2.75, 3.05) is 13.1 Å². The van der Waals surface area contributed by atoms with Crippen molar-refractivity contribution in [3.8, 4) is 12.3 Å². The summed E-state index contributed by atoms with van der Waals surface area (Å²) < 4.78 is 12.5. The first-order chi connectivity index (χ1) is 16.6. The zero-order valence-electron chi connectivity index (χ0n) is 18.5. The lowest BCUT2D eigenvalue weighted by molar-refractivity contribution is -0.220. The third-order valence-corrected chi connectivity index (χ3v) is 6.19. The molecule has 3 atom stereocenters. The third-order valence-electron chi connectivity index (χ3n) is 6.19. The van der Waals surface area contributed by atoms with E-state index in [9.17, 15) is 9.59 Å². The first-order valence-corrected chi connectivity index (χ1v) is 11.2. The smallest absolute Gasteiger partial charge is 0.256 e. The Kier molecular flexibility index (Phi) is 5.89. The molecule has 2 aliphatic heterocycles. The molecule has 3 aromatic rings. The molecule has 2 amide bonds. The number of carbonyl (C=O) groups is 2. The molecule has 2 heterocycles. The predicted molar refractivity (Wildman–Crippen MR) is 126 cm³/mol. The van der Waals surface area contributed by atoms with Crippen LogP contribution in [0.25, 0.3) is 0 Å². The Bertz CT molecular complexity index is 1170.